The fraction of sp³-hybridized carbons (Fsp3) is 0.529. The van der Waals surface area contributed by atoms with Crippen LogP contribution >= 0.6 is 0 Å². The van der Waals surface area contributed by atoms with Crippen LogP contribution < -0.4 is 10.6 Å². The van der Waals surface area contributed by atoms with Crippen molar-refractivity contribution in [2.45, 2.75) is 26.8 Å². The first-order chi connectivity index (χ1) is 10.4. The molecule has 0 aliphatic carbocycles. The first kappa shape index (κ1) is 16.5. The van der Waals surface area contributed by atoms with Gasteiger partial charge in [-0.05, 0) is 11.0 Å². The summed E-state index contributed by atoms with van der Waals surface area (Å²) in [5.41, 5.74) is 1.15. The maximum absolute atomic E-state index is 12.3. The van der Waals surface area contributed by atoms with Crippen molar-refractivity contribution in [2.75, 3.05) is 26.2 Å². The molecule has 1 aliphatic rings. The lowest BCUT2D eigenvalue weighted by Crippen LogP contribution is -2.52. The molecule has 5 heteroatoms. The third kappa shape index (κ3) is 4.31. The van der Waals surface area contributed by atoms with E-state index < -0.39 is 0 Å². The number of benzene rings is 1. The van der Waals surface area contributed by atoms with E-state index >= 15 is 0 Å². The molecule has 1 fully saturated rings. The summed E-state index contributed by atoms with van der Waals surface area (Å²) in [6, 6.07) is 10.2. The summed E-state index contributed by atoms with van der Waals surface area (Å²) in [7, 11) is 0. The molecule has 2 amide bonds. The number of hydrogen-bond acceptors (Lipinski definition) is 3. The number of rotatable bonds is 4. The zero-order valence-corrected chi connectivity index (χ0v) is 13.6. The van der Waals surface area contributed by atoms with Gasteiger partial charge in [-0.3, -0.25) is 9.59 Å². The van der Waals surface area contributed by atoms with Crippen LogP contribution in [0.25, 0.3) is 0 Å². The molecule has 1 heterocycles. The summed E-state index contributed by atoms with van der Waals surface area (Å²) in [6.07, 6.45) is 0. The molecule has 0 spiro atoms. The molecular weight excluding hydrogens is 278 g/mol. The Bertz CT molecular complexity index is 522. The van der Waals surface area contributed by atoms with Crippen LogP contribution in [0, 0.1) is 5.41 Å². The van der Waals surface area contributed by atoms with Gasteiger partial charge >= 0.3 is 0 Å². The first-order valence-electron chi connectivity index (χ1n) is 7.71. The normalized spacial score (nSPS) is 17.0. The van der Waals surface area contributed by atoms with Crippen molar-refractivity contribution < 1.29 is 9.59 Å². The molecule has 1 saturated heterocycles. The van der Waals surface area contributed by atoms with Crippen molar-refractivity contribution in [3.63, 3.8) is 0 Å². The molecule has 1 aromatic carbocycles. The molecule has 0 radical (unpaired) electrons. The van der Waals surface area contributed by atoms with Gasteiger partial charge < -0.3 is 15.5 Å². The predicted octanol–water partition coefficient (Wildman–Crippen LogP) is 1.32. The molecule has 5 nitrogen and oxygen atoms in total. The average Bonchev–Trinajstić information content (AvgIpc) is 2.47. The monoisotopic (exact) mass is 303 g/mol. The van der Waals surface area contributed by atoms with Crippen LogP contribution in [0.1, 0.15) is 32.4 Å². The number of piperazine rings is 1. The Morgan fingerprint density at radius 3 is 2.59 bits per heavy atom. The summed E-state index contributed by atoms with van der Waals surface area (Å²) in [5.74, 6) is -0.116. The van der Waals surface area contributed by atoms with E-state index in [1.165, 1.54) is 5.56 Å². The minimum atomic E-state index is -0.0879. The number of carbonyl (C=O) groups is 2. The van der Waals surface area contributed by atoms with Crippen LogP contribution in [-0.4, -0.2) is 42.9 Å². The summed E-state index contributed by atoms with van der Waals surface area (Å²) in [4.78, 5) is 25.3. The van der Waals surface area contributed by atoms with Crippen LogP contribution in [-0.2, 0) is 9.59 Å². The number of hydrogen-bond donors (Lipinski definition) is 2. The van der Waals surface area contributed by atoms with Gasteiger partial charge in [-0.15, -0.1) is 0 Å². The van der Waals surface area contributed by atoms with Gasteiger partial charge in [-0.1, -0.05) is 51.1 Å². The van der Waals surface area contributed by atoms with Crippen molar-refractivity contribution in [3.8, 4) is 0 Å². The minimum Gasteiger partial charge on any atom is -0.353 e. The third-order valence-corrected chi connectivity index (χ3v) is 3.85. The molecule has 0 aromatic heterocycles. The van der Waals surface area contributed by atoms with Gasteiger partial charge in [0, 0.05) is 19.1 Å². The minimum absolute atomic E-state index is 0.0130. The van der Waals surface area contributed by atoms with Gasteiger partial charge in [0.15, 0.2) is 0 Å². The molecule has 120 valence electrons. The van der Waals surface area contributed by atoms with E-state index in [1.807, 2.05) is 18.2 Å². The van der Waals surface area contributed by atoms with Crippen LogP contribution in [0.2, 0.25) is 0 Å². The fourth-order valence-corrected chi connectivity index (χ4v) is 2.72. The Hall–Kier alpha value is -1.88. The summed E-state index contributed by atoms with van der Waals surface area (Å²) < 4.78 is 0. The number of nitrogens with zero attached hydrogens (tertiary/aromatic N) is 1. The molecule has 22 heavy (non-hydrogen) atoms. The molecule has 2 N–H and O–H groups in total. The average molecular weight is 303 g/mol. The van der Waals surface area contributed by atoms with Gasteiger partial charge in [0.05, 0.1) is 13.1 Å². The molecule has 1 atom stereocenters. The smallest absolute Gasteiger partial charge is 0.239 e. The van der Waals surface area contributed by atoms with Crippen molar-refractivity contribution in [1.82, 2.24) is 15.5 Å². The second-order valence-electron chi connectivity index (χ2n) is 6.76. The highest BCUT2D eigenvalue weighted by Gasteiger charge is 2.28. The lowest BCUT2D eigenvalue weighted by atomic mass is 9.82. The van der Waals surface area contributed by atoms with Crippen molar-refractivity contribution in [2.24, 2.45) is 5.41 Å². The Morgan fingerprint density at radius 2 is 2.00 bits per heavy atom. The lowest BCUT2D eigenvalue weighted by Gasteiger charge is -2.33. The third-order valence-electron chi connectivity index (χ3n) is 3.85. The van der Waals surface area contributed by atoms with E-state index in [0.717, 1.165) is 0 Å². The van der Waals surface area contributed by atoms with Gasteiger partial charge in [0.2, 0.25) is 11.8 Å². The highest BCUT2D eigenvalue weighted by atomic mass is 16.2. The molecule has 1 aliphatic heterocycles. The van der Waals surface area contributed by atoms with Crippen LogP contribution in [0.4, 0.5) is 0 Å². The Morgan fingerprint density at radius 1 is 1.32 bits per heavy atom. The summed E-state index contributed by atoms with van der Waals surface area (Å²) >= 11 is 0. The second-order valence-corrected chi connectivity index (χ2v) is 6.76. The maximum Gasteiger partial charge on any atom is 0.239 e. The number of amides is 2. The molecule has 0 saturated carbocycles. The molecule has 0 bridgehead atoms. The molecule has 0 unspecified atom stereocenters. The molecule has 1 aromatic rings. The van der Waals surface area contributed by atoms with Gasteiger partial charge in [0.25, 0.3) is 0 Å². The van der Waals surface area contributed by atoms with Crippen LogP contribution in [0.3, 0.4) is 0 Å². The Kier molecular flexibility index (Phi) is 5.19. The van der Waals surface area contributed by atoms with E-state index in [1.54, 1.807) is 4.90 Å². The Labute approximate surface area is 132 Å². The quantitative estimate of drug-likeness (QED) is 0.882. The predicted molar refractivity (Wildman–Crippen MR) is 86.2 cm³/mol. The van der Waals surface area contributed by atoms with Crippen molar-refractivity contribution >= 4 is 11.8 Å². The van der Waals surface area contributed by atoms with Crippen molar-refractivity contribution in [3.05, 3.63) is 35.9 Å². The fourth-order valence-electron chi connectivity index (χ4n) is 2.72. The van der Waals surface area contributed by atoms with Gasteiger partial charge in [-0.2, -0.15) is 0 Å². The van der Waals surface area contributed by atoms with E-state index in [2.05, 4.69) is 43.5 Å². The summed E-state index contributed by atoms with van der Waals surface area (Å²) in [5, 5.41) is 6.09. The largest absolute Gasteiger partial charge is 0.353 e. The van der Waals surface area contributed by atoms with Crippen molar-refractivity contribution in [1.29, 1.82) is 0 Å². The first-order valence-corrected chi connectivity index (χ1v) is 7.71. The topological polar surface area (TPSA) is 61.4 Å². The van der Waals surface area contributed by atoms with E-state index in [0.29, 0.717) is 13.1 Å². The standard InChI is InChI=1S/C17H25N3O2/c1-17(2,3)16(13-7-5-4-6-8-13)19-11-15(22)20-10-9-18-14(21)12-20/h4-8,16,19H,9-12H2,1-3H3,(H,18,21)/t16-/m1/s1. The SMILES string of the molecule is CC(C)(C)[C@H](NCC(=O)N1CCNC(=O)C1)c1ccccc1. The lowest BCUT2D eigenvalue weighted by molar-refractivity contribution is -0.137. The zero-order chi connectivity index (χ0) is 16.2. The second kappa shape index (κ2) is 6.92. The molecule has 2 rings (SSSR count). The van der Waals surface area contributed by atoms with E-state index in [-0.39, 0.29) is 36.4 Å². The van der Waals surface area contributed by atoms with E-state index in [4.69, 9.17) is 0 Å². The molecular formula is C17H25N3O2. The zero-order valence-electron chi connectivity index (χ0n) is 13.6. The highest BCUT2D eigenvalue weighted by Crippen LogP contribution is 2.32. The summed E-state index contributed by atoms with van der Waals surface area (Å²) in [6.45, 7) is 7.96. The highest BCUT2D eigenvalue weighted by molar-refractivity contribution is 5.86. The van der Waals surface area contributed by atoms with Crippen LogP contribution in [0.15, 0.2) is 30.3 Å². The number of nitrogens with one attached hydrogen (secondary N) is 2. The van der Waals surface area contributed by atoms with E-state index in [9.17, 15) is 9.59 Å². The Balaban J connectivity index is 2.00. The maximum atomic E-state index is 12.3. The van der Waals surface area contributed by atoms with Gasteiger partial charge in [0.1, 0.15) is 0 Å². The number of carbonyl (C=O) groups excluding carboxylic acids is 2. The van der Waals surface area contributed by atoms with Crippen LogP contribution in [0.5, 0.6) is 0 Å². The van der Waals surface area contributed by atoms with Gasteiger partial charge in [-0.25, -0.2) is 0 Å².